The zero-order chi connectivity index (χ0) is 13.6. The average molecular weight is 257 g/mol. The van der Waals surface area contributed by atoms with Crippen molar-refractivity contribution in [2.45, 2.75) is 71.6 Å². The molecule has 0 rings (SSSR count). The van der Waals surface area contributed by atoms with Crippen LogP contribution < -0.4 is 0 Å². The van der Waals surface area contributed by atoms with Crippen LogP contribution in [0.5, 0.6) is 0 Å². The highest BCUT2D eigenvalue weighted by molar-refractivity contribution is 5.76. The van der Waals surface area contributed by atoms with Crippen molar-refractivity contribution in [3.8, 4) is 0 Å². The van der Waals surface area contributed by atoms with Gasteiger partial charge in [0.1, 0.15) is 0 Å². The SMILES string of the molecule is CCCCCCCC(=O)N(CCCC)CCCO. The highest BCUT2D eigenvalue weighted by Gasteiger charge is 2.11. The zero-order valence-electron chi connectivity index (χ0n) is 12.3. The summed E-state index contributed by atoms with van der Waals surface area (Å²) in [5.41, 5.74) is 0. The van der Waals surface area contributed by atoms with Crippen LogP contribution in [-0.2, 0) is 4.79 Å². The third-order valence-corrected chi connectivity index (χ3v) is 3.21. The van der Waals surface area contributed by atoms with Crippen LogP contribution in [0.15, 0.2) is 0 Å². The Morgan fingerprint density at radius 3 is 2.11 bits per heavy atom. The second-order valence-corrected chi connectivity index (χ2v) is 4.98. The zero-order valence-corrected chi connectivity index (χ0v) is 12.3. The van der Waals surface area contributed by atoms with Crippen LogP contribution in [0.3, 0.4) is 0 Å². The molecule has 0 saturated carbocycles. The first-order valence-corrected chi connectivity index (χ1v) is 7.64. The molecule has 0 aromatic carbocycles. The first kappa shape index (κ1) is 17.4. The molecule has 0 radical (unpaired) electrons. The Labute approximate surface area is 113 Å². The van der Waals surface area contributed by atoms with Crippen LogP contribution in [0.25, 0.3) is 0 Å². The van der Waals surface area contributed by atoms with Crippen molar-refractivity contribution >= 4 is 5.91 Å². The predicted octanol–water partition coefficient (Wildman–Crippen LogP) is 3.36. The minimum Gasteiger partial charge on any atom is -0.396 e. The Morgan fingerprint density at radius 2 is 1.50 bits per heavy atom. The number of unbranched alkanes of at least 4 members (excludes halogenated alkanes) is 5. The van der Waals surface area contributed by atoms with E-state index >= 15 is 0 Å². The van der Waals surface area contributed by atoms with Crippen LogP contribution in [0, 0.1) is 0 Å². The largest absolute Gasteiger partial charge is 0.396 e. The maximum atomic E-state index is 12.0. The number of carbonyl (C=O) groups excluding carboxylic acids is 1. The molecule has 3 heteroatoms. The van der Waals surface area contributed by atoms with Crippen molar-refractivity contribution < 1.29 is 9.90 Å². The molecule has 0 heterocycles. The summed E-state index contributed by atoms with van der Waals surface area (Å²) in [5.74, 6) is 0.272. The molecule has 0 bridgehead atoms. The first-order chi connectivity index (χ1) is 8.76. The van der Waals surface area contributed by atoms with Gasteiger partial charge in [0.15, 0.2) is 0 Å². The summed E-state index contributed by atoms with van der Waals surface area (Å²) in [6.45, 7) is 6.08. The molecular weight excluding hydrogens is 226 g/mol. The second-order valence-electron chi connectivity index (χ2n) is 4.98. The monoisotopic (exact) mass is 257 g/mol. The highest BCUT2D eigenvalue weighted by atomic mass is 16.3. The van der Waals surface area contributed by atoms with E-state index in [0.29, 0.717) is 19.4 Å². The molecule has 0 aliphatic heterocycles. The quantitative estimate of drug-likeness (QED) is 0.545. The molecule has 0 unspecified atom stereocenters. The average Bonchev–Trinajstić information content (AvgIpc) is 2.38. The van der Waals surface area contributed by atoms with Crippen LogP contribution in [0.4, 0.5) is 0 Å². The van der Waals surface area contributed by atoms with Crippen molar-refractivity contribution in [3.63, 3.8) is 0 Å². The lowest BCUT2D eigenvalue weighted by molar-refractivity contribution is -0.131. The number of amides is 1. The fourth-order valence-corrected chi connectivity index (χ4v) is 2.01. The van der Waals surface area contributed by atoms with E-state index in [2.05, 4.69) is 13.8 Å². The van der Waals surface area contributed by atoms with E-state index in [0.717, 1.165) is 25.8 Å². The lowest BCUT2D eigenvalue weighted by atomic mass is 10.1. The summed E-state index contributed by atoms with van der Waals surface area (Å²) < 4.78 is 0. The van der Waals surface area contributed by atoms with Crippen molar-refractivity contribution in [1.29, 1.82) is 0 Å². The minimum atomic E-state index is 0.173. The van der Waals surface area contributed by atoms with Crippen molar-refractivity contribution in [3.05, 3.63) is 0 Å². The van der Waals surface area contributed by atoms with Gasteiger partial charge in [-0.2, -0.15) is 0 Å². The maximum Gasteiger partial charge on any atom is 0.222 e. The predicted molar refractivity (Wildman–Crippen MR) is 76.6 cm³/mol. The molecule has 0 aliphatic rings. The Hall–Kier alpha value is -0.570. The van der Waals surface area contributed by atoms with Crippen molar-refractivity contribution in [2.24, 2.45) is 0 Å². The molecule has 3 nitrogen and oxygen atoms in total. The van der Waals surface area contributed by atoms with Gasteiger partial charge >= 0.3 is 0 Å². The van der Waals surface area contributed by atoms with Gasteiger partial charge in [-0.15, -0.1) is 0 Å². The third-order valence-electron chi connectivity index (χ3n) is 3.21. The Balaban J connectivity index is 3.80. The van der Waals surface area contributed by atoms with Gasteiger partial charge in [0, 0.05) is 26.1 Å². The number of hydrogen-bond donors (Lipinski definition) is 1. The molecule has 108 valence electrons. The number of aliphatic hydroxyl groups excluding tert-OH is 1. The van der Waals surface area contributed by atoms with E-state index < -0.39 is 0 Å². The van der Waals surface area contributed by atoms with Gasteiger partial charge in [0.25, 0.3) is 0 Å². The molecule has 18 heavy (non-hydrogen) atoms. The molecule has 0 saturated heterocycles. The lowest BCUT2D eigenvalue weighted by Crippen LogP contribution is -2.33. The summed E-state index contributed by atoms with van der Waals surface area (Å²) in [4.78, 5) is 14.0. The molecule has 0 spiro atoms. The highest BCUT2D eigenvalue weighted by Crippen LogP contribution is 2.08. The fourth-order valence-electron chi connectivity index (χ4n) is 2.01. The summed E-state index contributed by atoms with van der Waals surface area (Å²) in [7, 11) is 0. The molecular formula is C15H31NO2. The normalized spacial score (nSPS) is 10.6. The minimum absolute atomic E-state index is 0.173. The lowest BCUT2D eigenvalue weighted by Gasteiger charge is -2.22. The van der Waals surface area contributed by atoms with Gasteiger partial charge < -0.3 is 10.0 Å². The van der Waals surface area contributed by atoms with Gasteiger partial charge in [0.2, 0.25) is 5.91 Å². The molecule has 0 atom stereocenters. The van der Waals surface area contributed by atoms with Crippen molar-refractivity contribution in [1.82, 2.24) is 4.90 Å². The van der Waals surface area contributed by atoms with Crippen LogP contribution in [0.2, 0.25) is 0 Å². The smallest absolute Gasteiger partial charge is 0.222 e. The molecule has 0 aromatic rings. The molecule has 1 N–H and O–H groups in total. The van der Waals surface area contributed by atoms with Gasteiger partial charge in [-0.3, -0.25) is 4.79 Å². The molecule has 0 fully saturated rings. The standard InChI is InChI=1S/C15H31NO2/c1-3-5-7-8-9-11-15(18)16(12-6-4-2)13-10-14-17/h17H,3-14H2,1-2H3. The summed E-state index contributed by atoms with van der Waals surface area (Å²) in [5, 5.41) is 8.86. The number of hydrogen-bond acceptors (Lipinski definition) is 2. The molecule has 0 aromatic heterocycles. The topological polar surface area (TPSA) is 40.5 Å². The Morgan fingerprint density at radius 1 is 0.889 bits per heavy atom. The second kappa shape index (κ2) is 12.9. The van der Waals surface area contributed by atoms with Crippen LogP contribution in [-0.4, -0.2) is 35.6 Å². The van der Waals surface area contributed by atoms with Crippen LogP contribution >= 0.6 is 0 Å². The Kier molecular flexibility index (Phi) is 12.5. The van der Waals surface area contributed by atoms with E-state index in [1.807, 2.05) is 4.90 Å². The summed E-state index contributed by atoms with van der Waals surface area (Å²) in [6.07, 6.45) is 9.50. The van der Waals surface area contributed by atoms with Gasteiger partial charge in [0.05, 0.1) is 0 Å². The third kappa shape index (κ3) is 9.46. The number of nitrogens with zero attached hydrogens (tertiary/aromatic N) is 1. The van der Waals surface area contributed by atoms with Crippen molar-refractivity contribution in [2.75, 3.05) is 19.7 Å². The fraction of sp³-hybridized carbons (Fsp3) is 0.933. The maximum absolute atomic E-state index is 12.0. The van der Waals surface area contributed by atoms with E-state index in [1.54, 1.807) is 0 Å². The van der Waals surface area contributed by atoms with Gasteiger partial charge in [-0.1, -0.05) is 46.0 Å². The molecule has 1 amide bonds. The Bertz CT molecular complexity index is 187. The van der Waals surface area contributed by atoms with Gasteiger partial charge in [-0.25, -0.2) is 0 Å². The number of aliphatic hydroxyl groups is 1. The molecule has 0 aliphatic carbocycles. The number of carbonyl (C=O) groups is 1. The van der Waals surface area contributed by atoms with E-state index in [9.17, 15) is 4.79 Å². The van der Waals surface area contributed by atoms with E-state index in [-0.39, 0.29) is 12.5 Å². The number of rotatable bonds is 12. The van der Waals surface area contributed by atoms with E-state index in [1.165, 1.54) is 25.7 Å². The van der Waals surface area contributed by atoms with Crippen LogP contribution in [0.1, 0.15) is 71.6 Å². The first-order valence-electron chi connectivity index (χ1n) is 7.64. The van der Waals surface area contributed by atoms with E-state index in [4.69, 9.17) is 5.11 Å². The van der Waals surface area contributed by atoms with Gasteiger partial charge in [-0.05, 0) is 19.3 Å². The summed E-state index contributed by atoms with van der Waals surface area (Å²) >= 11 is 0. The summed E-state index contributed by atoms with van der Waals surface area (Å²) in [6, 6.07) is 0.